The molecule has 60 heavy (non-hydrogen) atoms. The summed E-state index contributed by atoms with van der Waals surface area (Å²) in [6, 6.07) is 72.3. The summed E-state index contributed by atoms with van der Waals surface area (Å²) in [6.07, 6.45) is 0. The van der Waals surface area contributed by atoms with Gasteiger partial charge in [0.2, 0.25) is 0 Å². The van der Waals surface area contributed by atoms with Crippen molar-refractivity contribution in [1.82, 2.24) is 14.5 Å². The molecule has 3 nitrogen and oxygen atoms in total. The quantitative estimate of drug-likeness (QED) is 0.175. The van der Waals surface area contributed by atoms with Crippen molar-refractivity contribution >= 4 is 43.4 Å². The lowest BCUT2D eigenvalue weighted by atomic mass is 9.81. The van der Waals surface area contributed by atoms with Crippen molar-refractivity contribution in [3.8, 4) is 61.8 Å². The standard InChI is InChI=1S/C57H39N3/c1-57(2)48-33-29-36-16-9-10-21-41(36)54(48)45-30-28-38(34-49(45)57)40-31-32-44(43-23-12-11-22-42(40)43)56-58-50(37-17-5-3-6-18-37)35-51(59-56)46-25-15-27-53-55(46)47-24-13-14-26-52(47)60(53)39-19-7-4-8-20-39/h3-35H,1-2H3. The van der Waals surface area contributed by atoms with Gasteiger partial charge >= 0.3 is 0 Å². The third-order valence-electron chi connectivity index (χ3n) is 12.8. The zero-order valence-corrected chi connectivity index (χ0v) is 33.4. The Morgan fingerprint density at radius 2 is 1.03 bits per heavy atom. The van der Waals surface area contributed by atoms with Gasteiger partial charge in [-0.3, -0.25) is 0 Å². The minimum atomic E-state index is -0.126. The monoisotopic (exact) mass is 765 g/mol. The lowest BCUT2D eigenvalue weighted by molar-refractivity contribution is 0.661. The van der Waals surface area contributed by atoms with E-state index in [1.807, 2.05) is 0 Å². The molecule has 0 unspecified atom stereocenters. The Kier molecular flexibility index (Phi) is 7.58. The van der Waals surface area contributed by atoms with E-state index in [4.69, 9.17) is 9.97 Å². The number of rotatable bonds is 5. The van der Waals surface area contributed by atoms with Gasteiger partial charge in [0, 0.05) is 38.6 Å². The van der Waals surface area contributed by atoms with Crippen LogP contribution >= 0.6 is 0 Å². The van der Waals surface area contributed by atoms with Gasteiger partial charge in [-0.15, -0.1) is 0 Å². The molecule has 0 bridgehead atoms. The van der Waals surface area contributed by atoms with Crippen LogP contribution in [0.5, 0.6) is 0 Å². The first-order chi connectivity index (χ1) is 29.5. The summed E-state index contributed by atoms with van der Waals surface area (Å²) in [7, 11) is 0. The fourth-order valence-corrected chi connectivity index (χ4v) is 9.97. The van der Waals surface area contributed by atoms with Crippen LogP contribution in [0.25, 0.3) is 105 Å². The molecule has 2 aromatic heterocycles. The molecule has 0 radical (unpaired) electrons. The summed E-state index contributed by atoms with van der Waals surface area (Å²) >= 11 is 0. The molecule has 0 amide bonds. The van der Waals surface area contributed by atoms with Crippen LogP contribution in [0.2, 0.25) is 0 Å². The normalized spacial score (nSPS) is 13.0. The van der Waals surface area contributed by atoms with Crippen LogP contribution in [0.15, 0.2) is 200 Å². The van der Waals surface area contributed by atoms with E-state index in [-0.39, 0.29) is 5.41 Å². The largest absolute Gasteiger partial charge is 0.309 e. The zero-order chi connectivity index (χ0) is 40.0. The van der Waals surface area contributed by atoms with E-state index < -0.39 is 0 Å². The molecule has 1 aliphatic carbocycles. The van der Waals surface area contributed by atoms with Crippen LogP contribution in [-0.2, 0) is 5.41 Å². The van der Waals surface area contributed by atoms with E-state index in [2.05, 4.69) is 219 Å². The van der Waals surface area contributed by atoms with E-state index >= 15 is 0 Å². The number of benzene rings is 9. The Hall–Kier alpha value is -7.62. The average molecular weight is 766 g/mol. The second-order valence-electron chi connectivity index (χ2n) is 16.5. The van der Waals surface area contributed by atoms with E-state index in [1.165, 1.54) is 60.3 Å². The highest BCUT2D eigenvalue weighted by Gasteiger charge is 2.36. The number of hydrogen-bond donors (Lipinski definition) is 0. The molecule has 0 fully saturated rings. The summed E-state index contributed by atoms with van der Waals surface area (Å²) < 4.78 is 2.36. The van der Waals surface area contributed by atoms with Gasteiger partial charge in [-0.1, -0.05) is 172 Å². The van der Waals surface area contributed by atoms with Crippen LogP contribution in [0, 0.1) is 0 Å². The molecule has 0 saturated carbocycles. The molecule has 9 aromatic carbocycles. The highest BCUT2D eigenvalue weighted by atomic mass is 15.0. The first kappa shape index (κ1) is 34.4. The van der Waals surface area contributed by atoms with Crippen LogP contribution in [0.3, 0.4) is 0 Å². The molecule has 282 valence electrons. The second-order valence-corrected chi connectivity index (χ2v) is 16.5. The van der Waals surface area contributed by atoms with Gasteiger partial charge < -0.3 is 4.57 Å². The molecule has 0 N–H and O–H groups in total. The van der Waals surface area contributed by atoms with E-state index in [0.717, 1.165) is 50.2 Å². The van der Waals surface area contributed by atoms with Crippen molar-refractivity contribution in [2.45, 2.75) is 19.3 Å². The molecule has 0 aliphatic heterocycles. The Morgan fingerprint density at radius 1 is 0.400 bits per heavy atom. The average Bonchev–Trinajstić information content (AvgIpc) is 3.77. The summed E-state index contributed by atoms with van der Waals surface area (Å²) in [5.74, 6) is 0.704. The number of aromatic nitrogens is 3. The first-order valence-corrected chi connectivity index (χ1v) is 20.7. The third-order valence-corrected chi connectivity index (χ3v) is 12.8. The highest BCUT2D eigenvalue weighted by molar-refractivity contribution is 6.16. The maximum atomic E-state index is 5.48. The van der Waals surface area contributed by atoms with E-state index in [1.54, 1.807) is 0 Å². The zero-order valence-electron chi connectivity index (χ0n) is 33.4. The first-order valence-electron chi connectivity index (χ1n) is 20.7. The molecule has 12 rings (SSSR count). The SMILES string of the molecule is CC1(C)c2cc(-c3ccc(-c4nc(-c5ccccc5)cc(-c5cccc6c5c5ccccc5n6-c5ccccc5)n4)c4ccccc34)ccc2-c2c1ccc1ccccc21. The number of hydrogen-bond acceptors (Lipinski definition) is 2. The lowest BCUT2D eigenvalue weighted by Crippen LogP contribution is -2.15. The van der Waals surface area contributed by atoms with Gasteiger partial charge in [0.1, 0.15) is 0 Å². The Labute approximate surface area is 348 Å². The van der Waals surface area contributed by atoms with Crippen LogP contribution in [0.4, 0.5) is 0 Å². The van der Waals surface area contributed by atoms with Gasteiger partial charge in [-0.25, -0.2) is 9.97 Å². The van der Waals surface area contributed by atoms with Crippen LogP contribution < -0.4 is 0 Å². The smallest absolute Gasteiger partial charge is 0.161 e. The fraction of sp³-hybridized carbons (Fsp3) is 0.0526. The molecule has 11 aromatic rings. The predicted molar refractivity (Wildman–Crippen MR) is 251 cm³/mol. The maximum Gasteiger partial charge on any atom is 0.161 e. The maximum absolute atomic E-state index is 5.48. The lowest BCUT2D eigenvalue weighted by Gasteiger charge is -2.22. The molecular formula is C57H39N3. The van der Waals surface area contributed by atoms with Gasteiger partial charge in [-0.2, -0.15) is 0 Å². The van der Waals surface area contributed by atoms with Crippen molar-refractivity contribution in [2.24, 2.45) is 0 Å². The van der Waals surface area contributed by atoms with Crippen molar-refractivity contribution in [1.29, 1.82) is 0 Å². The topological polar surface area (TPSA) is 30.7 Å². The highest BCUT2D eigenvalue weighted by Crippen LogP contribution is 2.52. The molecule has 3 heteroatoms. The molecule has 1 aliphatic rings. The molecule has 0 saturated heterocycles. The molecule has 2 heterocycles. The van der Waals surface area contributed by atoms with Gasteiger partial charge in [0.15, 0.2) is 5.82 Å². The van der Waals surface area contributed by atoms with Crippen molar-refractivity contribution in [3.05, 3.63) is 211 Å². The van der Waals surface area contributed by atoms with Crippen LogP contribution in [0.1, 0.15) is 25.0 Å². The fourth-order valence-electron chi connectivity index (χ4n) is 9.97. The van der Waals surface area contributed by atoms with Crippen LogP contribution in [-0.4, -0.2) is 14.5 Å². The molecule has 0 atom stereocenters. The summed E-state index contributed by atoms with van der Waals surface area (Å²) in [5.41, 5.74) is 16.1. The predicted octanol–water partition coefficient (Wildman–Crippen LogP) is 14.9. The van der Waals surface area contributed by atoms with Gasteiger partial charge in [0.25, 0.3) is 0 Å². The molecule has 0 spiro atoms. The Balaban J connectivity index is 1.05. The molecular weight excluding hydrogens is 727 g/mol. The summed E-state index contributed by atoms with van der Waals surface area (Å²) in [6.45, 7) is 4.73. The van der Waals surface area contributed by atoms with Crippen molar-refractivity contribution < 1.29 is 0 Å². The summed E-state index contributed by atoms with van der Waals surface area (Å²) in [4.78, 5) is 10.8. The number of para-hydroxylation sites is 2. The van der Waals surface area contributed by atoms with E-state index in [9.17, 15) is 0 Å². The van der Waals surface area contributed by atoms with E-state index in [0.29, 0.717) is 5.82 Å². The minimum Gasteiger partial charge on any atom is -0.309 e. The van der Waals surface area contributed by atoms with Crippen molar-refractivity contribution in [2.75, 3.05) is 0 Å². The second kappa shape index (κ2) is 13.2. The third kappa shape index (κ3) is 5.15. The van der Waals surface area contributed by atoms with Gasteiger partial charge in [0.05, 0.1) is 22.4 Å². The van der Waals surface area contributed by atoms with Crippen molar-refractivity contribution in [3.63, 3.8) is 0 Å². The summed E-state index contributed by atoms with van der Waals surface area (Å²) in [5, 5.41) is 7.27. The number of nitrogens with zero attached hydrogens (tertiary/aromatic N) is 3. The number of fused-ring (bicyclic) bond motifs is 9. The Morgan fingerprint density at radius 3 is 1.85 bits per heavy atom. The minimum absolute atomic E-state index is 0.126. The van der Waals surface area contributed by atoms with Gasteiger partial charge in [-0.05, 0) is 97.4 Å². The Bertz CT molecular complexity index is 3500.